The molecule has 0 saturated carbocycles. The number of halogens is 1. The molecular weight excluding hydrogens is 255 g/mol. The van der Waals surface area contributed by atoms with Crippen LogP contribution in [0, 0.1) is 5.82 Å². The Morgan fingerprint density at radius 3 is 2.35 bits per heavy atom. The number of rotatable bonds is 4. The van der Waals surface area contributed by atoms with Gasteiger partial charge in [-0.15, -0.1) is 0 Å². The number of nitrogens with two attached hydrogens (primary N) is 1. The molecule has 0 aliphatic carbocycles. The van der Waals surface area contributed by atoms with E-state index in [0.717, 1.165) is 17.0 Å². The molecule has 0 spiro atoms. The molecule has 0 amide bonds. The molecule has 0 aromatic heterocycles. The van der Waals surface area contributed by atoms with Gasteiger partial charge in [0.2, 0.25) is 0 Å². The fourth-order valence-electron chi connectivity index (χ4n) is 2.19. The lowest BCUT2D eigenvalue weighted by atomic mass is 10.1. The number of hydrogen-bond acceptors (Lipinski definition) is 3. The second kappa shape index (κ2) is 5.92. The number of ether oxygens (including phenoxy) is 1. The Kier molecular flexibility index (Phi) is 4.25. The predicted molar refractivity (Wildman–Crippen MR) is 80.1 cm³/mol. The first-order chi connectivity index (χ1) is 9.54. The van der Waals surface area contributed by atoms with E-state index < -0.39 is 0 Å². The molecule has 0 aliphatic heterocycles. The minimum atomic E-state index is -0.280. The third-order valence-electron chi connectivity index (χ3n) is 3.30. The average Bonchev–Trinajstić information content (AvgIpc) is 2.46. The van der Waals surface area contributed by atoms with Gasteiger partial charge >= 0.3 is 0 Å². The Bertz CT molecular complexity index is 582. The van der Waals surface area contributed by atoms with Gasteiger partial charge < -0.3 is 15.4 Å². The van der Waals surface area contributed by atoms with Crippen LogP contribution in [0.1, 0.15) is 18.5 Å². The number of methoxy groups -OCH3 is 1. The molecule has 0 unspecified atom stereocenters. The van der Waals surface area contributed by atoms with Crippen LogP contribution in [0.5, 0.6) is 5.75 Å². The highest BCUT2D eigenvalue weighted by Crippen LogP contribution is 2.33. The Morgan fingerprint density at radius 1 is 1.15 bits per heavy atom. The zero-order valence-electron chi connectivity index (χ0n) is 11.9. The first-order valence-corrected chi connectivity index (χ1v) is 6.46. The van der Waals surface area contributed by atoms with Crippen LogP contribution in [0.3, 0.4) is 0 Å². The van der Waals surface area contributed by atoms with Crippen molar-refractivity contribution in [2.24, 2.45) is 5.73 Å². The van der Waals surface area contributed by atoms with E-state index in [1.54, 1.807) is 18.1 Å². The Hall–Kier alpha value is -2.07. The Balaban J connectivity index is 2.44. The summed E-state index contributed by atoms with van der Waals surface area (Å²) >= 11 is 0. The van der Waals surface area contributed by atoms with Crippen molar-refractivity contribution in [1.82, 2.24) is 0 Å². The maximum absolute atomic E-state index is 14.2. The van der Waals surface area contributed by atoms with E-state index in [1.807, 2.05) is 44.3 Å². The normalized spacial score (nSPS) is 12.1. The summed E-state index contributed by atoms with van der Waals surface area (Å²) in [6.07, 6.45) is 0. The smallest absolute Gasteiger partial charge is 0.147 e. The van der Waals surface area contributed by atoms with Crippen LogP contribution in [0.15, 0.2) is 42.5 Å². The maximum Gasteiger partial charge on any atom is 0.147 e. The molecule has 2 aromatic rings. The summed E-state index contributed by atoms with van der Waals surface area (Å²) in [6, 6.07) is 12.2. The molecule has 2 aromatic carbocycles. The maximum atomic E-state index is 14.2. The number of nitrogens with zero attached hydrogens (tertiary/aromatic N) is 1. The molecule has 0 heterocycles. The lowest BCUT2D eigenvalue weighted by molar-refractivity contribution is 0.415. The fraction of sp³-hybridized carbons (Fsp3) is 0.250. The summed E-state index contributed by atoms with van der Waals surface area (Å²) < 4.78 is 19.3. The molecular formula is C16H19FN2O. The van der Waals surface area contributed by atoms with Gasteiger partial charge in [-0.3, -0.25) is 0 Å². The quantitative estimate of drug-likeness (QED) is 0.925. The second-order valence-electron chi connectivity index (χ2n) is 4.72. The van der Waals surface area contributed by atoms with Crippen molar-refractivity contribution in [2.45, 2.75) is 13.0 Å². The SMILES string of the molecule is COc1ccc(N(C)c2c(F)cccc2[C@@H](C)N)cc1. The second-order valence-corrected chi connectivity index (χ2v) is 4.72. The number of para-hydroxylation sites is 1. The topological polar surface area (TPSA) is 38.5 Å². The third kappa shape index (κ3) is 2.75. The van der Waals surface area contributed by atoms with Gasteiger partial charge in [-0.1, -0.05) is 12.1 Å². The minimum absolute atomic E-state index is 0.235. The zero-order valence-corrected chi connectivity index (χ0v) is 11.9. The number of hydrogen-bond donors (Lipinski definition) is 1. The van der Waals surface area contributed by atoms with Crippen molar-refractivity contribution in [3.63, 3.8) is 0 Å². The highest BCUT2D eigenvalue weighted by atomic mass is 19.1. The monoisotopic (exact) mass is 274 g/mol. The van der Waals surface area contributed by atoms with Crippen molar-refractivity contribution in [1.29, 1.82) is 0 Å². The standard InChI is InChI=1S/C16H19FN2O/c1-11(18)14-5-4-6-15(17)16(14)19(2)12-7-9-13(20-3)10-8-12/h4-11H,18H2,1-3H3/t11-/m1/s1. The van der Waals surface area contributed by atoms with Gasteiger partial charge in [0.25, 0.3) is 0 Å². The molecule has 106 valence electrons. The molecule has 0 aliphatic rings. The molecule has 3 nitrogen and oxygen atoms in total. The van der Waals surface area contributed by atoms with Crippen molar-refractivity contribution in [3.8, 4) is 5.75 Å². The van der Waals surface area contributed by atoms with E-state index in [2.05, 4.69) is 0 Å². The molecule has 0 saturated heterocycles. The Labute approximate surface area is 118 Å². The first-order valence-electron chi connectivity index (χ1n) is 6.46. The summed E-state index contributed by atoms with van der Waals surface area (Å²) in [4.78, 5) is 1.80. The number of anilines is 2. The van der Waals surface area contributed by atoms with Crippen molar-refractivity contribution >= 4 is 11.4 Å². The summed E-state index contributed by atoms with van der Waals surface area (Å²) in [5.74, 6) is 0.487. The van der Waals surface area contributed by atoms with Crippen LogP contribution in [0.2, 0.25) is 0 Å². The molecule has 0 bridgehead atoms. The number of benzene rings is 2. The molecule has 2 rings (SSSR count). The minimum Gasteiger partial charge on any atom is -0.497 e. The lowest BCUT2D eigenvalue weighted by Gasteiger charge is -2.24. The van der Waals surface area contributed by atoms with Crippen molar-refractivity contribution < 1.29 is 9.13 Å². The van der Waals surface area contributed by atoms with E-state index in [4.69, 9.17) is 10.5 Å². The van der Waals surface area contributed by atoms with E-state index in [1.165, 1.54) is 6.07 Å². The summed E-state index contributed by atoms with van der Waals surface area (Å²) in [6.45, 7) is 1.85. The summed E-state index contributed by atoms with van der Waals surface area (Å²) in [5, 5.41) is 0. The molecule has 2 N–H and O–H groups in total. The van der Waals surface area contributed by atoms with Gasteiger partial charge in [-0.25, -0.2) is 4.39 Å². The van der Waals surface area contributed by atoms with Crippen molar-refractivity contribution in [3.05, 3.63) is 53.8 Å². The zero-order chi connectivity index (χ0) is 14.7. The summed E-state index contributed by atoms with van der Waals surface area (Å²) in [5.41, 5.74) is 8.09. The molecule has 1 atom stereocenters. The van der Waals surface area contributed by atoms with Crippen LogP contribution < -0.4 is 15.4 Å². The van der Waals surface area contributed by atoms with Gasteiger partial charge in [0, 0.05) is 18.8 Å². The van der Waals surface area contributed by atoms with Gasteiger partial charge in [0.1, 0.15) is 11.6 Å². The highest BCUT2D eigenvalue weighted by molar-refractivity contribution is 5.67. The van der Waals surface area contributed by atoms with Gasteiger partial charge in [-0.05, 0) is 42.8 Å². The highest BCUT2D eigenvalue weighted by Gasteiger charge is 2.16. The first kappa shape index (κ1) is 14.3. The van der Waals surface area contributed by atoms with Crippen LogP contribution >= 0.6 is 0 Å². The third-order valence-corrected chi connectivity index (χ3v) is 3.30. The van der Waals surface area contributed by atoms with Crippen LogP contribution in [-0.4, -0.2) is 14.2 Å². The van der Waals surface area contributed by atoms with E-state index in [0.29, 0.717) is 5.69 Å². The predicted octanol–water partition coefficient (Wildman–Crippen LogP) is 3.62. The van der Waals surface area contributed by atoms with Crippen molar-refractivity contribution in [2.75, 3.05) is 19.1 Å². The van der Waals surface area contributed by atoms with Gasteiger partial charge in [0.05, 0.1) is 12.8 Å². The molecule has 20 heavy (non-hydrogen) atoms. The summed E-state index contributed by atoms with van der Waals surface area (Å²) in [7, 11) is 3.44. The fourth-order valence-corrected chi connectivity index (χ4v) is 2.19. The van der Waals surface area contributed by atoms with Gasteiger partial charge in [-0.2, -0.15) is 0 Å². The molecule has 0 fully saturated rings. The molecule has 0 radical (unpaired) electrons. The lowest BCUT2D eigenvalue weighted by Crippen LogP contribution is -2.17. The van der Waals surface area contributed by atoms with E-state index in [-0.39, 0.29) is 11.9 Å². The average molecular weight is 274 g/mol. The Morgan fingerprint density at radius 2 is 1.80 bits per heavy atom. The van der Waals surface area contributed by atoms with Crippen LogP contribution in [0.25, 0.3) is 0 Å². The largest absolute Gasteiger partial charge is 0.497 e. The van der Waals surface area contributed by atoms with Gasteiger partial charge in [0.15, 0.2) is 0 Å². The molecule has 4 heteroatoms. The van der Waals surface area contributed by atoms with E-state index >= 15 is 0 Å². The van der Waals surface area contributed by atoms with Crippen LogP contribution in [0.4, 0.5) is 15.8 Å². The van der Waals surface area contributed by atoms with Crippen LogP contribution in [-0.2, 0) is 0 Å². The van der Waals surface area contributed by atoms with E-state index in [9.17, 15) is 4.39 Å².